The zero-order chi connectivity index (χ0) is 14.7. The van der Waals surface area contributed by atoms with Gasteiger partial charge >= 0.3 is 13.3 Å². The van der Waals surface area contributed by atoms with E-state index in [0.717, 1.165) is 12.1 Å². The fraction of sp³-hybridized carbons (Fsp3) is 0.333. The second kappa shape index (κ2) is 5.92. The van der Waals surface area contributed by atoms with E-state index in [0.29, 0.717) is 12.1 Å². The number of halogens is 2. The number of hydrogen-bond acceptors (Lipinski definition) is 2. The first-order valence-electron chi connectivity index (χ1n) is 5.50. The molecule has 0 spiro atoms. The molecule has 0 bridgehead atoms. The first-order chi connectivity index (χ1) is 8.64. The van der Waals surface area contributed by atoms with Crippen LogP contribution in [-0.4, -0.2) is 35.3 Å². The van der Waals surface area contributed by atoms with Gasteiger partial charge < -0.3 is 14.7 Å². The number of benzene rings is 1. The van der Waals surface area contributed by atoms with E-state index in [1.165, 1.54) is 6.07 Å². The molecule has 0 saturated carbocycles. The molecule has 106 valence electrons. The van der Waals surface area contributed by atoms with E-state index in [-0.39, 0.29) is 0 Å². The van der Waals surface area contributed by atoms with E-state index in [1.54, 1.807) is 18.2 Å². The molecule has 0 heterocycles. The molecule has 0 radical (unpaired) electrons. The van der Waals surface area contributed by atoms with Crippen molar-refractivity contribution in [1.29, 1.82) is 0 Å². The predicted octanol–water partition coefficient (Wildman–Crippen LogP) is 2.49. The maximum absolute atomic E-state index is 13.5. The highest BCUT2D eigenvalue weighted by Crippen LogP contribution is 2.59. The highest BCUT2D eigenvalue weighted by molar-refractivity contribution is 7.52. The zero-order valence-electron chi connectivity index (χ0n) is 10.6. The van der Waals surface area contributed by atoms with Crippen LogP contribution in [0.15, 0.2) is 30.3 Å². The summed E-state index contributed by atoms with van der Waals surface area (Å²) in [6.45, 7) is 0.638. The molecule has 19 heavy (non-hydrogen) atoms. The number of likely N-dealkylation sites (N-methyl/N-ethyl adjacent to an activating group) is 1. The Kier molecular flexibility index (Phi) is 4.98. The van der Waals surface area contributed by atoms with Gasteiger partial charge in [-0.1, -0.05) is 30.4 Å². The molecular weight excluding hydrogens is 275 g/mol. The largest absolute Gasteiger partial charge is 0.399 e. The van der Waals surface area contributed by atoms with Crippen molar-refractivity contribution in [3.63, 3.8) is 0 Å². The van der Waals surface area contributed by atoms with Gasteiger partial charge in [0.1, 0.15) is 0 Å². The van der Waals surface area contributed by atoms with Crippen LogP contribution < -0.4 is 0 Å². The Balaban J connectivity index is 3.01. The average molecular weight is 291 g/mol. The van der Waals surface area contributed by atoms with E-state index in [1.807, 2.05) is 19.0 Å². The number of nitrogens with zero attached hydrogens (tertiary/aromatic N) is 1. The van der Waals surface area contributed by atoms with Gasteiger partial charge in [0.2, 0.25) is 0 Å². The Morgan fingerprint density at radius 2 is 2.00 bits per heavy atom. The molecule has 0 saturated heterocycles. The van der Waals surface area contributed by atoms with Gasteiger partial charge in [0.05, 0.1) is 0 Å². The Hall–Kier alpha value is -1.07. The van der Waals surface area contributed by atoms with Crippen LogP contribution in [0.4, 0.5) is 8.78 Å². The summed E-state index contributed by atoms with van der Waals surface area (Å²) in [6, 6.07) is 5.01. The minimum atomic E-state index is -5.52. The van der Waals surface area contributed by atoms with Crippen LogP contribution in [0.2, 0.25) is 0 Å². The fourth-order valence-electron chi connectivity index (χ4n) is 1.40. The Morgan fingerprint density at radius 1 is 1.37 bits per heavy atom. The van der Waals surface area contributed by atoms with E-state index < -0.39 is 18.8 Å². The van der Waals surface area contributed by atoms with Crippen molar-refractivity contribution in [2.45, 2.75) is 5.66 Å². The van der Waals surface area contributed by atoms with E-state index >= 15 is 0 Å². The third-order valence-electron chi connectivity index (χ3n) is 2.38. The van der Waals surface area contributed by atoms with Gasteiger partial charge in [-0.05, 0) is 25.7 Å². The van der Waals surface area contributed by atoms with Gasteiger partial charge in [-0.15, -0.1) is 0 Å². The van der Waals surface area contributed by atoms with E-state index in [9.17, 15) is 13.3 Å². The van der Waals surface area contributed by atoms with Crippen LogP contribution in [0.25, 0.3) is 6.08 Å². The van der Waals surface area contributed by atoms with Crippen molar-refractivity contribution in [3.05, 3.63) is 41.5 Å². The lowest BCUT2D eigenvalue weighted by Gasteiger charge is -2.18. The summed E-state index contributed by atoms with van der Waals surface area (Å²) < 4.78 is 37.8. The molecular formula is C12H16F2NO3P. The third kappa shape index (κ3) is 4.21. The number of alkyl halides is 2. The fourth-order valence-corrected chi connectivity index (χ4v) is 1.87. The summed E-state index contributed by atoms with van der Waals surface area (Å²) in [5.41, 5.74) is -4.39. The molecule has 0 aliphatic carbocycles. The molecule has 0 unspecified atom stereocenters. The summed E-state index contributed by atoms with van der Waals surface area (Å²) >= 11 is 0. The number of rotatable bonds is 5. The van der Waals surface area contributed by atoms with Crippen LogP contribution in [0.1, 0.15) is 11.1 Å². The smallest absolute Gasteiger partial charge is 0.320 e. The molecule has 4 nitrogen and oxygen atoms in total. The lowest BCUT2D eigenvalue weighted by atomic mass is 10.1. The van der Waals surface area contributed by atoms with Gasteiger partial charge in [0.25, 0.3) is 0 Å². The molecule has 1 aromatic carbocycles. The molecule has 2 N–H and O–H groups in total. The summed E-state index contributed by atoms with van der Waals surface area (Å²) in [7, 11) is -1.79. The van der Waals surface area contributed by atoms with Gasteiger partial charge in [-0.25, -0.2) is 0 Å². The first kappa shape index (κ1) is 16.0. The molecule has 0 aliphatic heterocycles. The first-order valence-corrected chi connectivity index (χ1v) is 7.11. The summed E-state index contributed by atoms with van der Waals surface area (Å²) in [5, 5.41) is 0. The van der Waals surface area contributed by atoms with Crippen molar-refractivity contribution in [1.82, 2.24) is 4.90 Å². The summed E-state index contributed by atoms with van der Waals surface area (Å²) in [6.07, 6.45) is 3.40. The molecule has 0 atom stereocenters. The highest BCUT2D eigenvalue weighted by atomic mass is 31.2. The molecule has 7 heteroatoms. The zero-order valence-corrected chi connectivity index (χ0v) is 11.5. The second-order valence-electron chi connectivity index (χ2n) is 4.38. The minimum absolute atomic E-state index is 0.465. The van der Waals surface area contributed by atoms with Crippen molar-refractivity contribution in [2.75, 3.05) is 20.6 Å². The summed E-state index contributed by atoms with van der Waals surface area (Å²) in [5.74, 6) is 0. The average Bonchev–Trinajstić information content (AvgIpc) is 2.27. The second-order valence-corrected chi connectivity index (χ2v) is 6.03. The quantitative estimate of drug-likeness (QED) is 0.818. The maximum atomic E-state index is 13.5. The van der Waals surface area contributed by atoms with Crippen molar-refractivity contribution in [2.24, 2.45) is 0 Å². The van der Waals surface area contributed by atoms with Crippen molar-refractivity contribution >= 4 is 13.7 Å². The molecule has 1 aromatic rings. The van der Waals surface area contributed by atoms with Gasteiger partial charge in [-0.3, -0.25) is 4.57 Å². The SMILES string of the molecule is CN(C)C/C=C\c1cccc(C(F)(F)P(=O)(O)O)c1. The van der Waals surface area contributed by atoms with Crippen LogP contribution in [0.3, 0.4) is 0 Å². The molecule has 0 fully saturated rings. The van der Waals surface area contributed by atoms with Gasteiger partial charge in [0, 0.05) is 12.1 Å². The molecule has 0 aromatic heterocycles. The van der Waals surface area contributed by atoms with Crippen molar-refractivity contribution < 1.29 is 23.1 Å². The summed E-state index contributed by atoms with van der Waals surface area (Å²) in [4.78, 5) is 19.2. The molecule has 0 aliphatic rings. The lowest BCUT2D eigenvalue weighted by Crippen LogP contribution is -2.13. The van der Waals surface area contributed by atoms with Gasteiger partial charge in [0.15, 0.2) is 0 Å². The molecule has 1 rings (SSSR count). The molecule has 0 amide bonds. The topological polar surface area (TPSA) is 60.8 Å². The maximum Gasteiger partial charge on any atom is 0.399 e. The van der Waals surface area contributed by atoms with Crippen LogP contribution in [-0.2, 0) is 10.2 Å². The minimum Gasteiger partial charge on any atom is -0.320 e. The monoisotopic (exact) mass is 291 g/mol. The van der Waals surface area contributed by atoms with Gasteiger partial charge in [-0.2, -0.15) is 8.78 Å². The standard InChI is InChI=1S/C12H16F2NO3P/c1-15(2)8-4-6-10-5-3-7-11(9-10)12(13,14)19(16,17)18/h3-7,9H,8H2,1-2H3,(H2,16,17,18)/b6-4-. The lowest BCUT2D eigenvalue weighted by molar-refractivity contribution is 0.0564. The van der Waals surface area contributed by atoms with Crippen molar-refractivity contribution in [3.8, 4) is 0 Å². The normalized spacial score (nSPS) is 13.4. The van der Waals surface area contributed by atoms with Crippen LogP contribution in [0.5, 0.6) is 0 Å². The van der Waals surface area contributed by atoms with Crippen LogP contribution in [0, 0.1) is 0 Å². The van der Waals surface area contributed by atoms with E-state index in [4.69, 9.17) is 9.79 Å². The Bertz CT molecular complexity index is 511. The van der Waals surface area contributed by atoms with E-state index in [2.05, 4.69) is 0 Å². The Morgan fingerprint density at radius 3 is 2.53 bits per heavy atom. The Labute approximate surface area is 110 Å². The third-order valence-corrected chi connectivity index (χ3v) is 3.37. The van der Waals surface area contributed by atoms with Crippen LogP contribution >= 0.6 is 7.60 Å². The highest BCUT2D eigenvalue weighted by Gasteiger charge is 2.50. The number of hydrogen-bond donors (Lipinski definition) is 2. The predicted molar refractivity (Wildman–Crippen MR) is 70.0 cm³/mol.